The zero-order valence-electron chi connectivity index (χ0n) is 11.5. The molecule has 1 rings (SSSR count). The molecule has 4 heteroatoms. The normalized spacial score (nSPS) is 22.1. The Labute approximate surface area is 104 Å². The van der Waals surface area contributed by atoms with Gasteiger partial charge in [-0.05, 0) is 46.7 Å². The van der Waals surface area contributed by atoms with Crippen LogP contribution in [-0.4, -0.2) is 49.3 Å². The highest BCUT2D eigenvalue weighted by atomic mass is 16.5. The maximum atomic E-state index is 11.7. The van der Waals surface area contributed by atoms with E-state index >= 15 is 0 Å². The number of carbonyl (C=O) groups is 1. The van der Waals surface area contributed by atoms with E-state index in [-0.39, 0.29) is 17.6 Å². The lowest BCUT2D eigenvalue weighted by molar-refractivity contribution is -0.149. The fourth-order valence-corrected chi connectivity index (χ4v) is 2.50. The third-order valence-electron chi connectivity index (χ3n) is 3.87. The molecule has 0 saturated carbocycles. The third kappa shape index (κ3) is 3.42. The molecule has 1 saturated heterocycles. The Hall–Kier alpha value is -0.610. The van der Waals surface area contributed by atoms with Gasteiger partial charge in [0.2, 0.25) is 0 Å². The lowest BCUT2D eigenvalue weighted by Gasteiger charge is -2.42. The van der Waals surface area contributed by atoms with E-state index in [1.807, 2.05) is 13.8 Å². The topological polar surface area (TPSA) is 38.8 Å². The first-order valence-electron chi connectivity index (χ1n) is 6.48. The van der Waals surface area contributed by atoms with Crippen molar-refractivity contribution in [3.8, 4) is 0 Å². The van der Waals surface area contributed by atoms with Crippen LogP contribution in [0.1, 0.15) is 40.0 Å². The van der Waals surface area contributed by atoms with Gasteiger partial charge < -0.3 is 9.47 Å². The maximum Gasteiger partial charge on any atom is 0.307 e. The summed E-state index contributed by atoms with van der Waals surface area (Å²) in [5.41, 5.74) is -0.252. The van der Waals surface area contributed by atoms with Gasteiger partial charge in [-0.15, -0.1) is 0 Å². The summed E-state index contributed by atoms with van der Waals surface area (Å²) < 4.78 is 10.5. The van der Waals surface area contributed by atoms with E-state index in [0.717, 1.165) is 13.1 Å². The van der Waals surface area contributed by atoms with Gasteiger partial charge in [-0.2, -0.15) is 0 Å². The number of ether oxygens (including phenoxy) is 2. The smallest absolute Gasteiger partial charge is 0.307 e. The Morgan fingerprint density at radius 3 is 2.47 bits per heavy atom. The average molecular weight is 243 g/mol. The molecule has 0 aromatic heterocycles. The van der Waals surface area contributed by atoms with Gasteiger partial charge in [-0.25, -0.2) is 0 Å². The van der Waals surface area contributed by atoms with Crippen LogP contribution in [0.2, 0.25) is 0 Å². The second-order valence-corrected chi connectivity index (χ2v) is 4.91. The molecule has 1 heterocycles. The summed E-state index contributed by atoms with van der Waals surface area (Å²) in [6, 6.07) is 0. The molecule has 0 aromatic carbocycles. The van der Waals surface area contributed by atoms with Crippen molar-refractivity contribution in [2.24, 2.45) is 0 Å². The number of hydrogen-bond donors (Lipinski definition) is 0. The second kappa shape index (κ2) is 6.36. The van der Waals surface area contributed by atoms with Gasteiger partial charge in [0.1, 0.15) is 0 Å². The predicted molar refractivity (Wildman–Crippen MR) is 66.9 cm³/mol. The summed E-state index contributed by atoms with van der Waals surface area (Å²) in [5, 5.41) is 0. The molecule has 0 amide bonds. The lowest BCUT2D eigenvalue weighted by atomic mass is 9.89. The van der Waals surface area contributed by atoms with Gasteiger partial charge in [-0.3, -0.25) is 9.69 Å². The van der Waals surface area contributed by atoms with Crippen LogP contribution >= 0.6 is 0 Å². The molecule has 0 bridgehead atoms. The molecule has 2 atom stereocenters. The molecular formula is C13H25NO3. The summed E-state index contributed by atoms with van der Waals surface area (Å²) in [6.45, 7) is 8.50. The Morgan fingerprint density at radius 1 is 1.41 bits per heavy atom. The van der Waals surface area contributed by atoms with Crippen LogP contribution in [0.5, 0.6) is 0 Å². The molecule has 2 unspecified atom stereocenters. The van der Waals surface area contributed by atoms with Crippen molar-refractivity contribution in [3.05, 3.63) is 0 Å². The largest absolute Gasteiger partial charge is 0.466 e. The van der Waals surface area contributed by atoms with E-state index in [9.17, 15) is 4.79 Å². The van der Waals surface area contributed by atoms with Crippen molar-refractivity contribution in [3.63, 3.8) is 0 Å². The minimum atomic E-state index is -0.252. The summed E-state index contributed by atoms with van der Waals surface area (Å²) >= 11 is 0. The Balaban J connectivity index is 2.73. The zero-order valence-corrected chi connectivity index (χ0v) is 11.5. The van der Waals surface area contributed by atoms with Crippen LogP contribution in [0.15, 0.2) is 0 Å². The number of rotatable bonds is 6. The Kier molecular flexibility index (Phi) is 5.40. The second-order valence-electron chi connectivity index (χ2n) is 4.91. The van der Waals surface area contributed by atoms with Crippen LogP contribution in [0.3, 0.4) is 0 Å². The van der Waals surface area contributed by atoms with Crippen LogP contribution in [0.4, 0.5) is 0 Å². The quantitative estimate of drug-likeness (QED) is 0.667. The SMILES string of the molecule is CCOC(=O)CC(C)(C(C)OC)N1CCCC1. The van der Waals surface area contributed by atoms with Gasteiger partial charge in [0.25, 0.3) is 0 Å². The van der Waals surface area contributed by atoms with Crippen LogP contribution in [-0.2, 0) is 14.3 Å². The molecule has 1 aliphatic rings. The number of carbonyl (C=O) groups excluding carboxylic acids is 1. The maximum absolute atomic E-state index is 11.7. The van der Waals surface area contributed by atoms with Crippen LogP contribution in [0, 0.1) is 0 Å². The third-order valence-corrected chi connectivity index (χ3v) is 3.87. The minimum absolute atomic E-state index is 0.0185. The summed E-state index contributed by atoms with van der Waals surface area (Å²) in [4.78, 5) is 14.1. The highest BCUT2D eigenvalue weighted by Gasteiger charge is 2.41. The standard InChI is InChI=1S/C13H25NO3/c1-5-17-12(15)10-13(3,11(2)16-4)14-8-6-7-9-14/h11H,5-10H2,1-4H3. The predicted octanol–water partition coefficient (Wildman–Crippen LogP) is 1.83. The van der Waals surface area contributed by atoms with Gasteiger partial charge in [0.15, 0.2) is 0 Å². The highest BCUT2D eigenvalue weighted by Crippen LogP contribution is 2.29. The Bertz CT molecular complexity index is 251. The van der Waals surface area contributed by atoms with Crippen molar-refractivity contribution in [1.29, 1.82) is 0 Å². The van der Waals surface area contributed by atoms with Crippen molar-refractivity contribution in [1.82, 2.24) is 4.90 Å². The fourth-order valence-electron chi connectivity index (χ4n) is 2.50. The average Bonchev–Trinajstić information content (AvgIpc) is 2.81. The molecule has 1 aliphatic heterocycles. The fraction of sp³-hybridized carbons (Fsp3) is 0.923. The molecule has 100 valence electrons. The first kappa shape index (κ1) is 14.5. The van der Waals surface area contributed by atoms with E-state index in [2.05, 4.69) is 11.8 Å². The molecular weight excluding hydrogens is 218 g/mol. The van der Waals surface area contributed by atoms with Crippen molar-refractivity contribution >= 4 is 5.97 Å². The molecule has 17 heavy (non-hydrogen) atoms. The van der Waals surface area contributed by atoms with Crippen molar-refractivity contribution in [2.45, 2.75) is 51.7 Å². The molecule has 4 nitrogen and oxygen atoms in total. The minimum Gasteiger partial charge on any atom is -0.466 e. The summed E-state index contributed by atoms with van der Waals surface area (Å²) in [5.74, 6) is -0.134. The van der Waals surface area contributed by atoms with Crippen molar-refractivity contribution in [2.75, 3.05) is 26.8 Å². The monoisotopic (exact) mass is 243 g/mol. The van der Waals surface area contributed by atoms with Gasteiger partial charge in [0.05, 0.1) is 24.7 Å². The zero-order chi connectivity index (χ0) is 12.9. The van der Waals surface area contributed by atoms with E-state index in [1.165, 1.54) is 12.8 Å². The van der Waals surface area contributed by atoms with Crippen LogP contribution in [0.25, 0.3) is 0 Å². The molecule has 0 N–H and O–H groups in total. The van der Waals surface area contributed by atoms with E-state index < -0.39 is 0 Å². The van der Waals surface area contributed by atoms with Gasteiger partial charge in [-0.1, -0.05) is 0 Å². The number of nitrogens with zero attached hydrogens (tertiary/aromatic N) is 1. The summed E-state index contributed by atoms with van der Waals surface area (Å²) in [6.07, 6.45) is 2.82. The number of likely N-dealkylation sites (tertiary alicyclic amines) is 1. The first-order valence-corrected chi connectivity index (χ1v) is 6.48. The van der Waals surface area contributed by atoms with E-state index in [4.69, 9.17) is 9.47 Å². The lowest BCUT2D eigenvalue weighted by Crippen LogP contribution is -2.54. The molecule has 0 radical (unpaired) electrons. The van der Waals surface area contributed by atoms with Gasteiger partial charge >= 0.3 is 5.97 Å². The number of esters is 1. The van der Waals surface area contributed by atoms with E-state index in [1.54, 1.807) is 7.11 Å². The molecule has 0 spiro atoms. The van der Waals surface area contributed by atoms with Crippen molar-refractivity contribution < 1.29 is 14.3 Å². The Morgan fingerprint density at radius 2 is 2.00 bits per heavy atom. The van der Waals surface area contributed by atoms with E-state index in [0.29, 0.717) is 13.0 Å². The molecule has 0 aromatic rings. The van der Waals surface area contributed by atoms with Gasteiger partial charge in [0, 0.05) is 7.11 Å². The first-order chi connectivity index (χ1) is 8.04. The molecule has 1 fully saturated rings. The number of hydrogen-bond acceptors (Lipinski definition) is 4. The number of methoxy groups -OCH3 is 1. The highest BCUT2D eigenvalue weighted by molar-refractivity contribution is 5.71. The van der Waals surface area contributed by atoms with Crippen LogP contribution < -0.4 is 0 Å². The molecule has 0 aliphatic carbocycles. The summed E-state index contributed by atoms with van der Waals surface area (Å²) in [7, 11) is 1.70.